The van der Waals surface area contributed by atoms with E-state index >= 15 is 0 Å². The van der Waals surface area contributed by atoms with Crippen molar-refractivity contribution >= 4 is 5.97 Å². The molecule has 0 aliphatic heterocycles. The Balaban J connectivity index is 2.66. The molecule has 2 rings (SSSR count). The van der Waals surface area contributed by atoms with Gasteiger partial charge in [0.2, 0.25) is 0 Å². The molecule has 0 fully saturated rings. The molecule has 0 unspecified atom stereocenters. The number of aryl methyl sites for hydroxylation is 2. The highest BCUT2D eigenvalue weighted by atomic mass is 16.5. The summed E-state index contributed by atoms with van der Waals surface area (Å²) in [6.45, 7) is 3.92. The Morgan fingerprint density at radius 3 is 2.65 bits per heavy atom. The van der Waals surface area contributed by atoms with Crippen LogP contribution in [0.5, 0.6) is 5.75 Å². The van der Waals surface area contributed by atoms with Gasteiger partial charge in [-0.3, -0.25) is 0 Å². The molecule has 1 heterocycles. The quantitative estimate of drug-likeness (QED) is 0.904. The summed E-state index contributed by atoms with van der Waals surface area (Å²) in [4.78, 5) is 15.8. The molecule has 0 radical (unpaired) electrons. The van der Waals surface area contributed by atoms with Crippen LogP contribution in [-0.4, -0.2) is 33.0 Å². The molecule has 2 aromatic rings. The van der Waals surface area contributed by atoms with E-state index < -0.39 is 5.97 Å². The van der Waals surface area contributed by atoms with E-state index in [-0.39, 0.29) is 5.56 Å². The Morgan fingerprint density at radius 1 is 1.35 bits per heavy atom. The van der Waals surface area contributed by atoms with Crippen molar-refractivity contribution in [3.63, 3.8) is 0 Å². The van der Waals surface area contributed by atoms with Gasteiger partial charge in [-0.05, 0) is 12.1 Å². The van der Waals surface area contributed by atoms with Crippen LogP contribution in [0.1, 0.15) is 35.9 Å². The van der Waals surface area contributed by atoms with Crippen molar-refractivity contribution in [3.05, 3.63) is 35.4 Å². The fourth-order valence-electron chi connectivity index (χ4n) is 1.96. The zero-order chi connectivity index (χ0) is 14.7. The standard InChI is InChI=1S/C14H17N3O3/c1-4-12-15-13(5-2)17(16-12)11-8-9(20-3)6-7-10(11)14(18)19/h6-8H,4-5H2,1-3H3,(H,18,19). The molecule has 1 N–H and O–H groups in total. The number of carbonyl (C=O) groups is 1. The molecule has 0 aliphatic rings. The largest absolute Gasteiger partial charge is 0.497 e. The second kappa shape index (κ2) is 5.73. The van der Waals surface area contributed by atoms with Crippen molar-refractivity contribution < 1.29 is 14.6 Å². The van der Waals surface area contributed by atoms with Gasteiger partial charge in [-0.1, -0.05) is 13.8 Å². The van der Waals surface area contributed by atoms with E-state index in [9.17, 15) is 9.90 Å². The summed E-state index contributed by atoms with van der Waals surface area (Å²) < 4.78 is 6.75. The number of aromatic nitrogens is 3. The number of hydrogen-bond acceptors (Lipinski definition) is 4. The summed E-state index contributed by atoms with van der Waals surface area (Å²) in [5.74, 6) is 1.01. The normalized spacial score (nSPS) is 10.6. The van der Waals surface area contributed by atoms with Crippen molar-refractivity contribution in [2.45, 2.75) is 26.7 Å². The van der Waals surface area contributed by atoms with Crippen LogP contribution in [0, 0.1) is 0 Å². The Hall–Kier alpha value is -2.37. The summed E-state index contributed by atoms with van der Waals surface area (Å²) in [7, 11) is 1.54. The molecule has 0 amide bonds. The summed E-state index contributed by atoms with van der Waals surface area (Å²) >= 11 is 0. The second-order valence-corrected chi connectivity index (χ2v) is 4.25. The predicted octanol–water partition coefficient (Wildman–Crippen LogP) is 2.10. The van der Waals surface area contributed by atoms with Crippen LogP contribution in [0.15, 0.2) is 18.2 Å². The monoisotopic (exact) mass is 275 g/mol. The van der Waals surface area contributed by atoms with E-state index in [1.54, 1.807) is 23.9 Å². The van der Waals surface area contributed by atoms with E-state index in [0.29, 0.717) is 30.1 Å². The van der Waals surface area contributed by atoms with E-state index in [4.69, 9.17) is 4.74 Å². The van der Waals surface area contributed by atoms with Crippen molar-refractivity contribution in [1.82, 2.24) is 14.8 Å². The van der Waals surface area contributed by atoms with E-state index in [1.807, 2.05) is 13.8 Å². The van der Waals surface area contributed by atoms with Gasteiger partial charge in [0, 0.05) is 18.9 Å². The molecule has 1 aromatic carbocycles. The number of hydrogen-bond donors (Lipinski definition) is 1. The van der Waals surface area contributed by atoms with Gasteiger partial charge in [0.15, 0.2) is 5.82 Å². The summed E-state index contributed by atoms with van der Waals surface area (Å²) in [6.07, 6.45) is 1.37. The molecule has 1 aromatic heterocycles. The SMILES string of the molecule is CCc1nc(CC)n(-c2cc(OC)ccc2C(=O)O)n1. The fraction of sp³-hybridized carbons (Fsp3) is 0.357. The Kier molecular flexibility index (Phi) is 4.02. The minimum absolute atomic E-state index is 0.174. The van der Waals surface area contributed by atoms with Crippen molar-refractivity contribution in [1.29, 1.82) is 0 Å². The molecule has 6 nitrogen and oxygen atoms in total. The van der Waals surface area contributed by atoms with Gasteiger partial charge in [0.1, 0.15) is 11.6 Å². The first-order valence-corrected chi connectivity index (χ1v) is 6.47. The van der Waals surface area contributed by atoms with Gasteiger partial charge in [-0.2, -0.15) is 5.10 Å². The van der Waals surface area contributed by atoms with E-state index in [2.05, 4.69) is 10.1 Å². The highest BCUT2D eigenvalue weighted by molar-refractivity contribution is 5.92. The fourth-order valence-corrected chi connectivity index (χ4v) is 1.96. The van der Waals surface area contributed by atoms with Crippen LogP contribution in [-0.2, 0) is 12.8 Å². The molecule has 0 spiro atoms. The summed E-state index contributed by atoms with van der Waals surface area (Å²) in [5.41, 5.74) is 0.647. The van der Waals surface area contributed by atoms with Crippen molar-refractivity contribution in [2.24, 2.45) is 0 Å². The van der Waals surface area contributed by atoms with Gasteiger partial charge in [0.25, 0.3) is 0 Å². The third-order valence-electron chi connectivity index (χ3n) is 3.01. The average molecular weight is 275 g/mol. The van der Waals surface area contributed by atoms with Crippen LogP contribution in [0.25, 0.3) is 5.69 Å². The number of methoxy groups -OCH3 is 1. The Bertz CT molecular complexity index is 635. The smallest absolute Gasteiger partial charge is 0.337 e. The first-order chi connectivity index (χ1) is 9.60. The van der Waals surface area contributed by atoms with Gasteiger partial charge >= 0.3 is 5.97 Å². The lowest BCUT2D eigenvalue weighted by Gasteiger charge is -2.10. The number of rotatable bonds is 5. The number of benzene rings is 1. The Labute approximate surface area is 117 Å². The molecule has 0 bridgehead atoms. The second-order valence-electron chi connectivity index (χ2n) is 4.25. The van der Waals surface area contributed by atoms with Gasteiger partial charge in [-0.25, -0.2) is 14.5 Å². The first-order valence-electron chi connectivity index (χ1n) is 6.47. The molecular weight excluding hydrogens is 258 g/mol. The molecule has 20 heavy (non-hydrogen) atoms. The lowest BCUT2D eigenvalue weighted by Crippen LogP contribution is -2.09. The van der Waals surface area contributed by atoms with E-state index in [1.165, 1.54) is 6.07 Å². The lowest BCUT2D eigenvalue weighted by molar-refractivity contribution is 0.0696. The third-order valence-corrected chi connectivity index (χ3v) is 3.01. The lowest BCUT2D eigenvalue weighted by atomic mass is 10.1. The molecule has 0 atom stereocenters. The van der Waals surface area contributed by atoms with Crippen LogP contribution < -0.4 is 4.74 Å². The maximum atomic E-state index is 11.4. The Morgan fingerprint density at radius 2 is 2.10 bits per heavy atom. The van der Waals surface area contributed by atoms with Gasteiger partial charge < -0.3 is 9.84 Å². The van der Waals surface area contributed by atoms with Crippen LogP contribution in [0.2, 0.25) is 0 Å². The topological polar surface area (TPSA) is 77.2 Å². The predicted molar refractivity (Wildman–Crippen MR) is 73.6 cm³/mol. The number of carboxylic acid groups (broad SMARTS) is 1. The molecular formula is C14H17N3O3. The number of carboxylic acids is 1. The highest BCUT2D eigenvalue weighted by Crippen LogP contribution is 2.22. The highest BCUT2D eigenvalue weighted by Gasteiger charge is 2.17. The number of aromatic carboxylic acids is 1. The minimum Gasteiger partial charge on any atom is -0.497 e. The third kappa shape index (κ3) is 2.49. The van der Waals surface area contributed by atoms with Gasteiger partial charge in [-0.15, -0.1) is 0 Å². The van der Waals surface area contributed by atoms with Crippen molar-refractivity contribution in [2.75, 3.05) is 7.11 Å². The average Bonchev–Trinajstić information content (AvgIpc) is 2.89. The zero-order valence-electron chi connectivity index (χ0n) is 11.8. The van der Waals surface area contributed by atoms with Crippen LogP contribution >= 0.6 is 0 Å². The van der Waals surface area contributed by atoms with E-state index in [0.717, 1.165) is 5.82 Å². The number of nitrogens with zero attached hydrogens (tertiary/aromatic N) is 3. The molecule has 0 saturated carbocycles. The molecule has 0 aliphatic carbocycles. The molecule has 6 heteroatoms. The maximum absolute atomic E-state index is 11.4. The van der Waals surface area contributed by atoms with Crippen molar-refractivity contribution in [3.8, 4) is 11.4 Å². The molecule has 0 saturated heterocycles. The summed E-state index contributed by atoms with van der Waals surface area (Å²) in [5, 5.41) is 13.7. The maximum Gasteiger partial charge on any atom is 0.337 e. The van der Waals surface area contributed by atoms with Crippen LogP contribution in [0.4, 0.5) is 0 Å². The number of ether oxygens (including phenoxy) is 1. The minimum atomic E-state index is -1.00. The summed E-state index contributed by atoms with van der Waals surface area (Å²) in [6, 6.07) is 4.80. The molecule has 106 valence electrons. The van der Waals surface area contributed by atoms with Crippen LogP contribution in [0.3, 0.4) is 0 Å². The first kappa shape index (κ1) is 14.0. The zero-order valence-corrected chi connectivity index (χ0v) is 11.8. The van der Waals surface area contributed by atoms with Gasteiger partial charge in [0.05, 0.1) is 18.4 Å².